The molecule has 5 heterocycles. The summed E-state index contributed by atoms with van der Waals surface area (Å²) in [7, 11) is 0. The van der Waals surface area contributed by atoms with Gasteiger partial charge in [-0.1, -0.05) is 103 Å². The van der Waals surface area contributed by atoms with Crippen LogP contribution >= 0.6 is 0 Å². The quantitative estimate of drug-likeness (QED) is 0.162. The van der Waals surface area contributed by atoms with Crippen LogP contribution in [0.15, 0.2) is 164 Å². The second kappa shape index (κ2) is 11.8. The standard InChI is InChI=1S/C44H32N4O/c49-32-18-16-31(17-19-32)44-39-26-24-37(47-39)42(29-12-6-2-7-13-29)35-22-20-33(45-35)41(28-10-4-1-5-11-28)34-21-23-36(46-34)43(30-14-8-3-9-15-30)38-25-27-40(44)48-38/h1-27,45-49H. The largest absolute Gasteiger partial charge is 0.508 e. The number of benzene rings is 4. The Morgan fingerprint density at radius 3 is 0.857 bits per heavy atom. The molecule has 0 amide bonds. The van der Waals surface area contributed by atoms with Crippen LogP contribution in [0.5, 0.6) is 5.75 Å². The minimum Gasteiger partial charge on any atom is -0.508 e. The maximum Gasteiger partial charge on any atom is 0.115 e. The third-order valence-corrected chi connectivity index (χ3v) is 9.24. The van der Waals surface area contributed by atoms with E-state index in [1.807, 2.05) is 24.3 Å². The van der Waals surface area contributed by atoms with E-state index in [4.69, 9.17) is 0 Å². The summed E-state index contributed by atoms with van der Waals surface area (Å²) in [4.78, 5) is 15.2. The number of hydrogen-bond acceptors (Lipinski definition) is 1. The highest BCUT2D eigenvalue weighted by molar-refractivity contribution is 5.84. The second-order valence-electron chi connectivity index (χ2n) is 12.3. The lowest BCUT2D eigenvalue weighted by Gasteiger charge is -2.10. The van der Waals surface area contributed by atoms with Gasteiger partial charge in [-0.2, -0.15) is 0 Å². The molecule has 0 saturated carbocycles. The lowest BCUT2D eigenvalue weighted by molar-refractivity contribution is 0.475. The van der Waals surface area contributed by atoms with Gasteiger partial charge in [-0.05, 0) is 82.9 Å². The van der Waals surface area contributed by atoms with Crippen LogP contribution in [0.3, 0.4) is 0 Å². The highest BCUT2D eigenvalue weighted by Crippen LogP contribution is 2.28. The normalized spacial score (nSPS) is 12.8. The lowest BCUT2D eigenvalue weighted by Crippen LogP contribution is -2.19. The van der Waals surface area contributed by atoms with Crippen LogP contribution in [-0.4, -0.2) is 25.0 Å². The molecule has 234 valence electrons. The van der Waals surface area contributed by atoms with Gasteiger partial charge in [0.2, 0.25) is 0 Å². The van der Waals surface area contributed by atoms with Crippen LogP contribution in [-0.2, 0) is 0 Å². The monoisotopic (exact) mass is 632 g/mol. The minimum absolute atomic E-state index is 0.230. The predicted octanol–water partition coefficient (Wildman–Crippen LogP) is 6.01. The average Bonchev–Trinajstić information content (AvgIpc) is 3.98. The number of phenolic OH excluding ortho intramolecular Hbond substituents is 1. The highest BCUT2D eigenvalue weighted by atomic mass is 16.3. The van der Waals surface area contributed by atoms with Gasteiger partial charge in [-0.15, -0.1) is 0 Å². The van der Waals surface area contributed by atoms with Crippen LogP contribution < -0.4 is 21.4 Å². The number of aromatic hydroxyl groups is 1. The maximum atomic E-state index is 10.2. The molecule has 4 aromatic heterocycles. The summed E-state index contributed by atoms with van der Waals surface area (Å²) in [6, 6.07) is 56.2. The van der Waals surface area contributed by atoms with Gasteiger partial charge in [0.25, 0.3) is 0 Å². The smallest absolute Gasteiger partial charge is 0.115 e. The van der Waals surface area contributed by atoms with Gasteiger partial charge in [0.05, 0.1) is 0 Å². The first-order valence-electron chi connectivity index (χ1n) is 16.4. The summed E-state index contributed by atoms with van der Waals surface area (Å²) in [6.45, 7) is 0. The summed E-state index contributed by atoms with van der Waals surface area (Å²) in [5.41, 5.74) is 12.5. The molecule has 1 aliphatic rings. The van der Waals surface area contributed by atoms with E-state index in [-0.39, 0.29) is 5.75 Å². The van der Waals surface area contributed by atoms with Crippen molar-refractivity contribution >= 4 is 22.3 Å². The topological polar surface area (TPSA) is 83.4 Å². The van der Waals surface area contributed by atoms with Crippen LogP contribution in [0.1, 0.15) is 45.0 Å². The van der Waals surface area contributed by atoms with E-state index in [1.54, 1.807) is 12.1 Å². The zero-order valence-corrected chi connectivity index (χ0v) is 26.5. The molecule has 5 heteroatoms. The van der Waals surface area contributed by atoms with Gasteiger partial charge in [0.15, 0.2) is 0 Å². The van der Waals surface area contributed by atoms with Gasteiger partial charge < -0.3 is 25.0 Å². The van der Waals surface area contributed by atoms with Gasteiger partial charge in [-0.3, -0.25) is 0 Å². The summed E-state index contributed by atoms with van der Waals surface area (Å²) in [6.07, 6.45) is 0. The number of fused-ring (bicyclic) bond motifs is 8. The Morgan fingerprint density at radius 1 is 0.265 bits per heavy atom. The molecule has 9 rings (SSSR count). The van der Waals surface area contributed by atoms with E-state index in [0.717, 1.165) is 88.7 Å². The maximum absolute atomic E-state index is 10.2. The first-order valence-corrected chi connectivity index (χ1v) is 16.4. The Balaban J connectivity index is 1.44. The fraction of sp³-hybridized carbons (Fsp3) is 0. The molecule has 1 aliphatic heterocycles. The third-order valence-electron chi connectivity index (χ3n) is 9.24. The SMILES string of the molecule is Oc1ccc(C2=c3ccc([nH]3)=C(c3ccccc3)c3ccc([nH]3)C(c3ccccc3)=c3ccc([nH]3)=C(c3ccccc3)c3ccc2[nH]3)cc1. The number of aromatic nitrogens is 4. The molecule has 0 saturated heterocycles. The van der Waals surface area contributed by atoms with Crippen molar-refractivity contribution in [3.8, 4) is 5.75 Å². The van der Waals surface area contributed by atoms with Crippen molar-refractivity contribution in [1.82, 2.24) is 19.9 Å². The average molecular weight is 633 g/mol. The first kappa shape index (κ1) is 28.5. The van der Waals surface area contributed by atoms with E-state index in [1.165, 1.54) is 0 Å². The number of nitrogens with one attached hydrogen (secondary N) is 4. The van der Waals surface area contributed by atoms with Crippen LogP contribution in [0.4, 0.5) is 0 Å². The molecule has 0 aliphatic carbocycles. The van der Waals surface area contributed by atoms with Crippen molar-refractivity contribution < 1.29 is 5.11 Å². The zero-order valence-electron chi connectivity index (χ0n) is 26.5. The Bertz CT molecular complexity index is 2690. The Labute approximate surface area is 282 Å². The molecule has 5 nitrogen and oxygen atoms in total. The predicted molar refractivity (Wildman–Crippen MR) is 196 cm³/mol. The first-order chi connectivity index (χ1) is 24.2. The number of rotatable bonds is 4. The molecule has 49 heavy (non-hydrogen) atoms. The fourth-order valence-electron chi connectivity index (χ4n) is 7.01. The molecule has 0 radical (unpaired) electrons. The molecule has 8 aromatic rings. The zero-order chi connectivity index (χ0) is 32.7. The van der Waals surface area contributed by atoms with Crippen LogP contribution in [0, 0.1) is 0 Å². The van der Waals surface area contributed by atoms with E-state index in [9.17, 15) is 5.11 Å². The Kier molecular flexibility index (Phi) is 6.87. The Morgan fingerprint density at radius 2 is 0.551 bits per heavy atom. The summed E-state index contributed by atoms with van der Waals surface area (Å²) < 4.78 is 0. The lowest BCUT2D eigenvalue weighted by atomic mass is 10.0. The fourth-order valence-corrected chi connectivity index (χ4v) is 7.01. The van der Waals surface area contributed by atoms with Gasteiger partial charge in [0.1, 0.15) is 5.75 Å². The molecule has 0 atom stereocenters. The van der Waals surface area contributed by atoms with Crippen LogP contribution in [0.2, 0.25) is 0 Å². The third kappa shape index (κ3) is 5.14. The molecule has 5 N–H and O–H groups in total. The van der Waals surface area contributed by atoms with Gasteiger partial charge in [0, 0.05) is 66.5 Å². The van der Waals surface area contributed by atoms with E-state index in [2.05, 4.69) is 147 Å². The van der Waals surface area contributed by atoms with Crippen molar-refractivity contribution in [3.63, 3.8) is 0 Å². The van der Waals surface area contributed by atoms with Gasteiger partial charge >= 0.3 is 0 Å². The highest BCUT2D eigenvalue weighted by Gasteiger charge is 2.18. The van der Waals surface area contributed by atoms with Crippen molar-refractivity contribution in [3.05, 3.63) is 230 Å². The van der Waals surface area contributed by atoms with Crippen molar-refractivity contribution in [2.24, 2.45) is 0 Å². The summed E-state index contributed by atoms with van der Waals surface area (Å²) in [5, 5.41) is 14.1. The van der Waals surface area contributed by atoms with Crippen molar-refractivity contribution in [2.75, 3.05) is 0 Å². The van der Waals surface area contributed by atoms with Gasteiger partial charge in [-0.25, -0.2) is 0 Å². The minimum atomic E-state index is 0.230. The van der Waals surface area contributed by atoms with E-state index in [0.29, 0.717) is 0 Å². The molecule has 8 bridgehead atoms. The number of phenols is 1. The summed E-state index contributed by atoms with van der Waals surface area (Å²) >= 11 is 0. The number of aromatic amines is 4. The van der Waals surface area contributed by atoms with E-state index < -0.39 is 0 Å². The number of H-pyrrole nitrogens is 4. The van der Waals surface area contributed by atoms with Crippen molar-refractivity contribution in [2.45, 2.75) is 0 Å². The van der Waals surface area contributed by atoms with Crippen LogP contribution in [0.25, 0.3) is 22.3 Å². The molecular weight excluding hydrogens is 601 g/mol. The van der Waals surface area contributed by atoms with Crippen molar-refractivity contribution in [1.29, 1.82) is 0 Å². The molecule has 4 aromatic carbocycles. The molecular formula is C44H32N4O. The Hall–Kier alpha value is -6.72. The van der Waals surface area contributed by atoms with E-state index >= 15 is 0 Å². The molecule has 0 spiro atoms. The molecule has 0 unspecified atom stereocenters. The number of hydrogen-bond donors (Lipinski definition) is 5. The second-order valence-corrected chi connectivity index (χ2v) is 12.3. The molecule has 0 fully saturated rings. The summed E-state index contributed by atoms with van der Waals surface area (Å²) in [5.74, 6) is 0.230.